The number of aliphatic hydroxyl groups excluding tert-OH is 1. The second-order valence-electron chi connectivity index (χ2n) is 5.39. The third kappa shape index (κ3) is 18.0. The fraction of sp³-hybridized carbons (Fsp3) is 0.938. The van der Waals surface area contributed by atoms with Crippen LogP contribution in [-0.4, -0.2) is 29.0 Å². The van der Waals surface area contributed by atoms with E-state index in [-0.39, 0.29) is 6.10 Å². The van der Waals surface area contributed by atoms with Crippen LogP contribution in [0.15, 0.2) is 0 Å². The number of rotatable bonds is 15. The topological polar surface area (TPSA) is 37.3 Å². The Kier molecular flexibility index (Phi) is 16.0. The molecule has 0 spiro atoms. The maximum atomic E-state index is 10.1. The van der Waals surface area contributed by atoms with Gasteiger partial charge in [0.2, 0.25) is 0 Å². The molecule has 114 valence electrons. The molecule has 0 rings (SSSR count). The second kappa shape index (κ2) is 16.0. The van der Waals surface area contributed by atoms with Gasteiger partial charge in [0.25, 0.3) is 0 Å². The molecule has 0 radical (unpaired) electrons. The summed E-state index contributed by atoms with van der Waals surface area (Å²) >= 11 is 2.06. The highest BCUT2D eigenvalue weighted by molar-refractivity contribution is 7.99. The minimum Gasteiger partial charge on any atom is -0.393 e. The van der Waals surface area contributed by atoms with Crippen LogP contribution in [0.4, 0.5) is 0 Å². The van der Waals surface area contributed by atoms with Crippen molar-refractivity contribution in [1.82, 2.24) is 0 Å². The number of carbonyl (C=O) groups excluding carboxylic acids is 1. The first kappa shape index (κ1) is 19.0. The molecule has 0 saturated heterocycles. The van der Waals surface area contributed by atoms with Crippen molar-refractivity contribution in [1.29, 1.82) is 0 Å². The van der Waals surface area contributed by atoms with Crippen LogP contribution < -0.4 is 0 Å². The van der Waals surface area contributed by atoms with Crippen LogP contribution in [0.25, 0.3) is 0 Å². The lowest BCUT2D eigenvalue weighted by Gasteiger charge is -2.04. The van der Waals surface area contributed by atoms with Crippen LogP contribution in [-0.2, 0) is 4.79 Å². The summed E-state index contributed by atoms with van der Waals surface area (Å²) in [6, 6.07) is 0. The highest BCUT2D eigenvalue weighted by Crippen LogP contribution is 2.13. The van der Waals surface area contributed by atoms with Crippen LogP contribution >= 0.6 is 11.8 Å². The average molecular weight is 288 g/mol. The van der Waals surface area contributed by atoms with Crippen LogP contribution in [0.3, 0.4) is 0 Å². The fourth-order valence-corrected chi connectivity index (χ4v) is 3.08. The third-order valence-corrected chi connectivity index (χ3v) is 4.43. The monoisotopic (exact) mass is 288 g/mol. The number of unbranched alkanes of at least 4 members (excludes halogenated alkanes) is 8. The molecule has 0 amide bonds. The van der Waals surface area contributed by atoms with E-state index in [1.54, 1.807) is 0 Å². The Bertz CT molecular complexity index is 184. The zero-order valence-corrected chi connectivity index (χ0v) is 13.4. The summed E-state index contributed by atoms with van der Waals surface area (Å²) < 4.78 is 0. The molecule has 0 aromatic heterocycles. The minimum absolute atomic E-state index is 0.122. The van der Waals surface area contributed by atoms with Gasteiger partial charge in [0.05, 0.1) is 6.10 Å². The van der Waals surface area contributed by atoms with E-state index in [1.165, 1.54) is 62.9 Å². The molecule has 0 aromatic rings. The lowest BCUT2D eigenvalue weighted by atomic mass is 10.1. The molecule has 0 aromatic carbocycles. The standard InChI is InChI=1S/C16H32O2S/c1-16(18)12-8-4-2-3-6-10-14-19-15-11-7-5-9-13-17/h13,16,18H,2-12,14-15H2,1H3. The quantitative estimate of drug-likeness (QED) is 0.354. The zero-order chi connectivity index (χ0) is 14.2. The van der Waals surface area contributed by atoms with Gasteiger partial charge in [-0.3, -0.25) is 0 Å². The Hall–Kier alpha value is -0.0200. The molecule has 0 aliphatic heterocycles. The number of carbonyl (C=O) groups is 1. The molecular formula is C16H32O2S. The van der Waals surface area contributed by atoms with Crippen molar-refractivity contribution in [2.24, 2.45) is 0 Å². The Morgan fingerprint density at radius 2 is 1.42 bits per heavy atom. The molecule has 3 heteroatoms. The predicted molar refractivity (Wildman–Crippen MR) is 85.9 cm³/mol. The van der Waals surface area contributed by atoms with Crippen LogP contribution in [0.5, 0.6) is 0 Å². The van der Waals surface area contributed by atoms with Gasteiger partial charge >= 0.3 is 0 Å². The van der Waals surface area contributed by atoms with Crippen molar-refractivity contribution in [3.63, 3.8) is 0 Å². The molecule has 0 aliphatic rings. The van der Waals surface area contributed by atoms with Gasteiger partial charge in [-0.25, -0.2) is 0 Å². The van der Waals surface area contributed by atoms with Gasteiger partial charge in [-0.2, -0.15) is 11.8 Å². The molecule has 0 saturated carbocycles. The third-order valence-electron chi connectivity index (χ3n) is 3.27. The highest BCUT2D eigenvalue weighted by atomic mass is 32.2. The van der Waals surface area contributed by atoms with E-state index in [0.29, 0.717) is 0 Å². The largest absolute Gasteiger partial charge is 0.393 e. The molecular weight excluding hydrogens is 256 g/mol. The zero-order valence-electron chi connectivity index (χ0n) is 12.6. The Morgan fingerprint density at radius 3 is 2.00 bits per heavy atom. The Balaban J connectivity index is 2.93. The van der Waals surface area contributed by atoms with Crippen LogP contribution in [0.1, 0.15) is 77.6 Å². The summed E-state index contributed by atoms with van der Waals surface area (Å²) in [4.78, 5) is 10.1. The van der Waals surface area contributed by atoms with Crippen LogP contribution in [0, 0.1) is 0 Å². The summed E-state index contributed by atoms with van der Waals surface area (Å²) in [5.74, 6) is 2.55. The molecule has 2 nitrogen and oxygen atoms in total. The number of aldehydes is 1. The molecule has 19 heavy (non-hydrogen) atoms. The number of hydrogen-bond acceptors (Lipinski definition) is 3. The normalized spacial score (nSPS) is 12.5. The van der Waals surface area contributed by atoms with Gasteiger partial charge in [0.15, 0.2) is 0 Å². The first-order valence-corrected chi connectivity index (χ1v) is 9.12. The molecule has 1 N–H and O–H groups in total. The fourth-order valence-electron chi connectivity index (χ4n) is 2.06. The predicted octanol–water partition coefficient (Wildman–Crippen LogP) is 4.59. The van der Waals surface area contributed by atoms with E-state index in [2.05, 4.69) is 11.8 Å². The molecule has 0 fully saturated rings. The summed E-state index contributed by atoms with van der Waals surface area (Å²) in [6.45, 7) is 1.87. The van der Waals surface area contributed by atoms with E-state index in [0.717, 1.165) is 25.5 Å². The van der Waals surface area contributed by atoms with Gasteiger partial charge < -0.3 is 9.90 Å². The van der Waals surface area contributed by atoms with E-state index in [4.69, 9.17) is 5.11 Å². The maximum Gasteiger partial charge on any atom is 0.119 e. The number of thioether (sulfide) groups is 1. The first-order valence-electron chi connectivity index (χ1n) is 7.97. The number of aliphatic hydroxyl groups is 1. The van der Waals surface area contributed by atoms with Crippen molar-refractivity contribution in [3.8, 4) is 0 Å². The Labute approximate surface area is 123 Å². The van der Waals surface area contributed by atoms with Crippen LogP contribution in [0.2, 0.25) is 0 Å². The van der Waals surface area contributed by atoms with E-state index < -0.39 is 0 Å². The SMILES string of the molecule is CC(O)CCCCCCCCSCCCCCC=O. The average Bonchev–Trinajstić information content (AvgIpc) is 2.39. The highest BCUT2D eigenvalue weighted by Gasteiger charge is 1.96. The summed E-state index contributed by atoms with van der Waals surface area (Å²) in [6.07, 6.45) is 13.9. The molecule has 0 aliphatic carbocycles. The summed E-state index contributed by atoms with van der Waals surface area (Å²) in [5, 5.41) is 9.12. The van der Waals surface area contributed by atoms with E-state index >= 15 is 0 Å². The second-order valence-corrected chi connectivity index (χ2v) is 6.61. The molecule has 0 bridgehead atoms. The number of hydrogen-bond donors (Lipinski definition) is 1. The molecule has 1 atom stereocenters. The van der Waals surface area contributed by atoms with Crippen molar-refractivity contribution in [3.05, 3.63) is 0 Å². The van der Waals surface area contributed by atoms with Gasteiger partial charge in [-0.15, -0.1) is 0 Å². The van der Waals surface area contributed by atoms with Crippen molar-refractivity contribution >= 4 is 18.0 Å². The molecule has 0 heterocycles. The van der Waals surface area contributed by atoms with Crippen molar-refractivity contribution < 1.29 is 9.90 Å². The van der Waals surface area contributed by atoms with Crippen molar-refractivity contribution in [2.75, 3.05) is 11.5 Å². The lowest BCUT2D eigenvalue weighted by molar-refractivity contribution is -0.107. The lowest BCUT2D eigenvalue weighted by Crippen LogP contribution is -1.98. The van der Waals surface area contributed by atoms with Gasteiger partial charge in [-0.05, 0) is 44.1 Å². The van der Waals surface area contributed by atoms with Gasteiger partial charge in [-0.1, -0.05) is 38.5 Å². The molecule has 1 unspecified atom stereocenters. The van der Waals surface area contributed by atoms with Gasteiger partial charge in [0, 0.05) is 6.42 Å². The van der Waals surface area contributed by atoms with E-state index in [1.807, 2.05) is 6.92 Å². The van der Waals surface area contributed by atoms with Gasteiger partial charge in [0.1, 0.15) is 6.29 Å². The maximum absolute atomic E-state index is 10.1. The first-order chi connectivity index (χ1) is 9.27. The summed E-state index contributed by atoms with van der Waals surface area (Å²) in [5.41, 5.74) is 0. The van der Waals surface area contributed by atoms with E-state index in [9.17, 15) is 4.79 Å². The van der Waals surface area contributed by atoms with Crippen molar-refractivity contribution in [2.45, 2.75) is 83.7 Å². The smallest absolute Gasteiger partial charge is 0.119 e. The minimum atomic E-state index is -0.122. The summed E-state index contributed by atoms with van der Waals surface area (Å²) in [7, 11) is 0. The Morgan fingerprint density at radius 1 is 0.895 bits per heavy atom.